The number of nitrogens with zero attached hydrogens (tertiary/aromatic N) is 2. The SMILES string of the molecule is Cc1cccc(C(CN2C=C[C@@H](N(C)C)C2)C2(O)CCCCC2)c1. The van der Waals surface area contributed by atoms with Gasteiger partial charge in [0.2, 0.25) is 0 Å². The third-order valence-electron chi connectivity index (χ3n) is 5.83. The summed E-state index contributed by atoms with van der Waals surface area (Å²) in [6.07, 6.45) is 9.91. The van der Waals surface area contributed by atoms with Gasteiger partial charge < -0.3 is 14.9 Å². The summed E-state index contributed by atoms with van der Waals surface area (Å²) in [6, 6.07) is 9.22. The molecule has 1 saturated carbocycles. The van der Waals surface area contributed by atoms with Crippen LogP contribution in [0.1, 0.15) is 49.1 Å². The van der Waals surface area contributed by atoms with E-state index in [0.717, 1.165) is 38.8 Å². The van der Waals surface area contributed by atoms with E-state index < -0.39 is 5.60 Å². The van der Waals surface area contributed by atoms with Gasteiger partial charge in [-0.15, -0.1) is 0 Å². The van der Waals surface area contributed by atoms with Gasteiger partial charge in [0.15, 0.2) is 0 Å². The molecular weight excluding hydrogens is 296 g/mol. The summed E-state index contributed by atoms with van der Waals surface area (Å²) < 4.78 is 0. The molecule has 2 aliphatic rings. The average Bonchev–Trinajstić information content (AvgIpc) is 3.02. The molecule has 3 heteroatoms. The Hall–Kier alpha value is -1.32. The molecule has 1 aliphatic carbocycles. The van der Waals surface area contributed by atoms with E-state index in [1.54, 1.807) is 0 Å². The Morgan fingerprint density at radius 2 is 2.00 bits per heavy atom. The average molecular weight is 329 g/mol. The van der Waals surface area contributed by atoms with E-state index in [-0.39, 0.29) is 5.92 Å². The van der Waals surface area contributed by atoms with E-state index in [4.69, 9.17) is 0 Å². The normalized spacial score (nSPS) is 24.5. The van der Waals surface area contributed by atoms with Crippen LogP contribution in [0.2, 0.25) is 0 Å². The second kappa shape index (κ2) is 7.28. The van der Waals surface area contributed by atoms with Crippen LogP contribution >= 0.6 is 0 Å². The molecular formula is C21H32N2O. The second-order valence-electron chi connectivity index (χ2n) is 7.96. The molecule has 0 bridgehead atoms. The number of aliphatic hydroxyl groups is 1. The van der Waals surface area contributed by atoms with Crippen molar-refractivity contribution >= 4 is 0 Å². The van der Waals surface area contributed by atoms with Gasteiger partial charge in [-0.05, 0) is 51.7 Å². The first-order valence-corrected chi connectivity index (χ1v) is 9.36. The largest absolute Gasteiger partial charge is 0.389 e. The first kappa shape index (κ1) is 17.5. The van der Waals surface area contributed by atoms with Crippen molar-refractivity contribution in [1.29, 1.82) is 0 Å². The Labute approximate surface area is 147 Å². The summed E-state index contributed by atoms with van der Waals surface area (Å²) in [7, 11) is 4.26. The van der Waals surface area contributed by atoms with Crippen LogP contribution in [0, 0.1) is 6.92 Å². The van der Waals surface area contributed by atoms with Gasteiger partial charge in [0.1, 0.15) is 0 Å². The number of hydrogen-bond donors (Lipinski definition) is 1. The fourth-order valence-electron chi connectivity index (χ4n) is 4.27. The molecule has 1 aromatic rings. The number of rotatable bonds is 5. The van der Waals surface area contributed by atoms with Crippen molar-refractivity contribution in [2.75, 3.05) is 27.2 Å². The molecule has 24 heavy (non-hydrogen) atoms. The standard InChI is InChI=1S/C21H32N2O/c1-17-8-7-9-18(14-17)20(21(24)11-5-4-6-12-21)16-23-13-10-19(15-23)22(2)3/h7-10,13-14,19-20,24H,4-6,11-12,15-16H2,1-3H3/t19-,20?/m1/s1. The molecule has 0 amide bonds. The van der Waals surface area contributed by atoms with Crippen molar-refractivity contribution in [3.8, 4) is 0 Å². The molecule has 1 unspecified atom stereocenters. The quantitative estimate of drug-likeness (QED) is 0.896. The molecule has 132 valence electrons. The Balaban J connectivity index is 1.81. The maximum Gasteiger partial charge on any atom is 0.0733 e. The molecule has 0 spiro atoms. The lowest BCUT2D eigenvalue weighted by Crippen LogP contribution is -2.44. The molecule has 1 fully saturated rings. The third kappa shape index (κ3) is 3.84. The van der Waals surface area contributed by atoms with Crippen molar-refractivity contribution in [2.24, 2.45) is 0 Å². The van der Waals surface area contributed by atoms with Crippen molar-refractivity contribution in [2.45, 2.75) is 56.6 Å². The smallest absolute Gasteiger partial charge is 0.0733 e. The first-order valence-electron chi connectivity index (χ1n) is 9.36. The van der Waals surface area contributed by atoms with Gasteiger partial charge in [0.05, 0.1) is 5.60 Å². The van der Waals surface area contributed by atoms with Crippen molar-refractivity contribution < 1.29 is 5.11 Å². The Morgan fingerprint density at radius 1 is 1.25 bits per heavy atom. The Bertz CT molecular complexity index is 575. The fourth-order valence-corrected chi connectivity index (χ4v) is 4.27. The molecule has 3 rings (SSSR count). The Kier molecular flexibility index (Phi) is 5.31. The summed E-state index contributed by atoms with van der Waals surface area (Å²) in [5, 5.41) is 11.4. The highest BCUT2D eigenvalue weighted by Crippen LogP contribution is 2.41. The molecule has 1 aliphatic heterocycles. The van der Waals surface area contributed by atoms with Crippen LogP contribution in [0.25, 0.3) is 0 Å². The molecule has 1 N–H and O–H groups in total. The summed E-state index contributed by atoms with van der Waals surface area (Å²) in [6.45, 7) is 4.06. The zero-order valence-electron chi connectivity index (χ0n) is 15.4. The summed E-state index contributed by atoms with van der Waals surface area (Å²) >= 11 is 0. The van der Waals surface area contributed by atoms with Crippen LogP contribution in [0.4, 0.5) is 0 Å². The van der Waals surface area contributed by atoms with Crippen molar-refractivity contribution in [3.63, 3.8) is 0 Å². The number of hydrogen-bond acceptors (Lipinski definition) is 3. The molecule has 1 heterocycles. The van der Waals surface area contributed by atoms with Gasteiger partial charge in [0, 0.05) is 25.0 Å². The van der Waals surface area contributed by atoms with E-state index in [1.165, 1.54) is 17.5 Å². The molecule has 0 radical (unpaired) electrons. The predicted octanol–water partition coefficient (Wildman–Crippen LogP) is 3.53. The van der Waals surface area contributed by atoms with Gasteiger partial charge in [-0.25, -0.2) is 0 Å². The van der Waals surface area contributed by atoms with Crippen LogP contribution in [-0.4, -0.2) is 53.7 Å². The highest BCUT2D eigenvalue weighted by Gasteiger charge is 2.40. The second-order valence-corrected chi connectivity index (χ2v) is 7.96. The van der Waals surface area contributed by atoms with Crippen molar-refractivity contribution in [3.05, 3.63) is 47.7 Å². The van der Waals surface area contributed by atoms with Gasteiger partial charge in [-0.2, -0.15) is 0 Å². The van der Waals surface area contributed by atoms with Gasteiger partial charge >= 0.3 is 0 Å². The van der Waals surface area contributed by atoms with Crippen LogP contribution in [-0.2, 0) is 0 Å². The van der Waals surface area contributed by atoms with E-state index in [2.05, 4.69) is 67.4 Å². The highest BCUT2D eigenvalue weighted by molar-refractivity contribution is 5.29. The molecule has 3 nitrogen and oxygen atoms in total. The molecule has 0 saturated heterocycles. The van der Waals surface area contributed by atoms with Crippen LogP contribution < -0.4 is 0 Å². The minimum Gasteiger partial charge on any atom is -0.389 e. The van der Waals surface area contributed by atoms with Gasteiger partial charge in [0.25, 0.3) is 0 Å². The molecule has 0 aromatic heterocycles. The lowest BCUT2D eigenvalue weighted by molar-refractivity contribution is -0.0278. The number of likely N-dealkylation sites (N-methyl/N-ethyl adjacent to an activating group) is 1. The van der Waals surface area contributed by atoms with Crippen LogP contribution in [0.15, 0.2) is 36.5 Å². The highest BCUT2D eigenvalue weighted by atomic mass is 16.3. The summed E-state index contributed by atoms with van der Waals surface area (Å²) in [4.78, 5) is 4.65. The molecule has 1 aromatic carbocycles. The van der Waals surface area contributed by atoms with Crippen LogP contribution in [0.5, 0.6) is 0 Å². The minimum atomic E-state index is -0.559. The van der Waals surface area contributed by atoms with Gasteiger partial charge in [-0.3, -0.25) is 0 Å². The lowest BCUT2D eigenvalue weighted by atomic mass is 9.72. The van der Waals surface area contributed by atoms with Gasteiger partial charge in [-0.1, -0.05) is 49.1 Å². The summed E-state index contributed by atoms with van der Waals surface area (Å²) in [5.41, 5.74) is 2.01. The predicted molar refractivity (Wildman–Crippen MR) is 100 cm³/mol. The lowest BCUT2D eigenvalue weighted by Gasteiger charge is -2.41. The Morgan fingerprint density at radius 3 is 2.62 bits per heavy atom. The first-order chi connectivity index (χ1) is 11.5. The maximum atomic E-state index is 11.4. The van der Waals surface area contributed by atoms with E-state index >= 15 is 0 Å². The monoisotopic (exact) mass is 328 g/mol. The zero-order valence-corrected chi connectivity index (χ0v) is 15.4. The maximum absolute atomic E-state index is 11.4. The minimum absolute atomic E-state index is 0.184. The van der Waals surface area contributed by atoms with E-state index in [1.807, 2.05) is 0 Å². The van der Waals surface area contributed by atoms with E-state index in [9.17, 15) is 5.11 Å². The number of benzene rings is 1. The topological polar surface area (TPSA) is 26.7 Å². The molecule has 2 atom stereocenters. The zero-order chi connectivity index (χ0) is 17.2. The number of aryl methyl sites for hydroxylation is 1. The van der Waals surface area contributed by atoms with E-state index in [0.29, 0.717) is 6.04 Å². The van der Waals surface area contributed by atoms with Crippen LogP contribution in [0.3, 0.4) is 0 Å². The summed E-state index contributed by atoms with van der Waals surface area (Å²) in [5.74, 6) is 0.184. The van der Waals surface area contributed by atoms with Crippen molar-refractivity contribution in [1.82, 2.24) is 9.80 Å². The fraction of sp³-hybridized carbons (Fsp3) is 0.619. The third-order valence-corrected chi connectivity index (χ3v) is 5.83.